The van der Waals surface area contributed by atoms with Crippen LogP contribution in [0.3, 0.4) is 0 Å². The molecule has 0 fully saturated rings. The lowest BCUT2D eigenvalue weighted by Crippen LogP contribution is -2.23. The molecule has 0 aliphatic rings. The Balaban J connectivity index is 1.65. The lowest BCUT2D eigenvalue weighted by molar-refractivity contribution is 0.0946. The van der Waals surface area contributed by atoms with E-state index < -0.39 is 0 Å². The van der Waals surface area contributed by atoms with Crippen LogP contribution in [0.2, 0.25) is 0 Å². The molecule has 120 valence electrons. The van der Waals surface area contributed by atoms with Crippen molar-refractivity contribution in [3.8, 4) is 5.75 Å². The summed E-state index contributed by atoms with van der Waals surface area (Å²) in [6, 6.07) is 19.9. The zero-order chi connectivity index (χ0) is 16.8. The molecule has 0 atom stereocenters. The number of phenols is 1. The van der Waals surface area contributed by atoms with E-state index >= 15 is 0 Å². The molecule has 1 amide bonds. The first-order valence-electron chi connectivity index (χ1n) is 7.55. The molecule has 2 aromatic carbocycles. The standard InChI is InChI=1S/C19H17N3O2/c23-17-8-6-15(7-9-17)22-16-10-11-20-18(12-16)19(24)21-13-14-4-2-1-3-5-14/h1-12,23H,13H2,(H,20,22)(H,21,24). The third-order valence-corrected chi connectivity index (χ3v) is 3.44. The van der Waals surface area contributed by atoms with Gasteiger partial charge in [0.15, 0.2) is 0 Å². The van der Waals surface area contributed by atoms with Gasteiger partial charge in [0.1, 0.15) is 11.4 Å². The molecule has 5 heteroatoms. The van der Waals surface area contributed by atoms with Crippen molar-refractivity contribution >= 4 is 17.3 Å². The van der Waals surface area contributed by atoms with Crippen LogP contribution < -0.4 is 10.6 Å². The molecule has 0 saturated heterocycles. The Morgan fingerprint density at radius 1 is 0.958 bits per heavy atom. The van der Waals surface area contributed by atoms with E-state index in [9.17, 15) is 9.90 Å². The Morgan fingerprint density at radius 2 is 1.71 bits per heavy atom. The molecule has 24 heavy (non-hydrogen) atoms. The van der Waals surface area contributed by atoms with Gasteiger partial charge in [0.05, 0.1) is 0 Å². The average molecular weight is 319 g/mol. The number of amides is 1. The highest BCUT2D eigenvalue weighted by atomic mass is 16.3. The second kappa shape index (κ2) is 7.28. The normalized spacial score (nSPS) is 10.2. The minimum absolute atomic E-state index is 0.205. The Bertz CT molecular complexity index is 818. The highest BCUT2D eigenvalue weighted by Crippen LogP contribution is 2.19. The Morgan fingerprint density at radius 3 is 2.46 bits per heavy atom. The van der Waals surface area contributed by atoms with Gasteiger partial charge in [-0.15, -0.1) is 0 Å². The molecule has 0 aliphatic heterocycles. The number of hydrogen-bond donors (Lipinski definition) is 3. The van der Waals surface area contributed by atoms with Crippen molar-refractivity contribution in [2.75, 3.05) is 5.32 Å². The van der Waals surface area contributed by atoms with Crippen molar-refractivity contribution in [2.24, 2.45) is 0 Å². The molecule has 1 heterocycles. The van der Waals surface area contributed by atoms with E-state index in [4.69, 9.17) is 0 Å². The van der Waals surface area contributed by atoms with Gasteiger partial charge in [0.2, 0.25) is 0 Å². The number of carbonyl (C=O) groups excluding carboxylic acids is 1. The van der Waals surface area contributed by atoms with Crippen LogP contribution in [-0.2, 0) is 6.54 Å². The molecule has 0 bridgehead atoms. The van der Waals surface area contributed by atoms with E-state index in [-0.39, 0.29) is 11.7 Å². The predicted octanol–water partition coefficient (Wildman–Crippen LogP) is 3.46. The number of benzene rings is 2. The number of carbonyl (C=O) groups is 1. The van der Waals surface area contributed by atoms with Gasteiger partial charge in [-0.1, -0.05) is 30.3 Å². The zero-order valence-corrected chi connectivity index (χ0v) is 12.9. The minimum atomic E-state index is -0.229. The summed E-state index contributed by atoms with van der Waals surface area (Å²) in [4.78, 5) is 16.3. The molecule has 1 aromatic heterocycles. The Labute approximate surface area is 140 Å². The van der Waals surface area contributed by atoms with Crippen molar-refractivity contribution < 1.29 is 9.90 Å². The summed E-state index contributed by atoms with van der Waals surface area (Å²) < 4.78 is 0. The number of aromatic hydroxyl groups is 1. The number of pyridine rings is 1. The lowest BCUT2D eigenvalue weighted by Gasteiger charge is -2.09. The molecule has 3 N–H and O–H groups in total. The Hall–Kier alpha value is -3.34. The fourth-order valence-corrected chi connectivity index (χ4v) is 2.21. The quantitative estimate of drug-likeness (QED) is 0.630. The van der Waals surface area contributed by atoms with Crippen LogP contribution >= 0.6 is 0 Å². The lowest BCUT2D eigenvalue weighted by atomic mass is 10.2. The van der Waals surface area contributed by atoms with Gasteiger partial charge in [-0.05, 0) is 42.0 Å². The first-order chi connectivity index (χ1) is 11.7. The molecule has 0 unspecified atom stereocenters. The van der Waals surface area contributed by atoms with Crippen molar-refractivity contribution in [3.05, 3.63) is 84.2 Å². The summed E-state index contributed by atoms with van der Waals surface area (Å²) in [7, 11) is 0. The average Bonchev–Trinajstić information content (AvgIpc) is 2.63. The molecule has 5 nitrogen and oxygen atoms in total. The summed E-state index contributed by atoms with van der Waals surface area (Å²) in [5.74, 6) is -0.0236. The van der Waals surface area contributed by atoms with Gasteiger partial charge in [0.25, 0.3) is 5.91 Å². The van der Waals surface area contributed by atoms with Crippen molar-refractivity contribution in [2.45, 2.75) is 6.54 Å². The largest absolute Gasteiger partial charge is 0.508 e. The number of anilines is 2. The van der Waals surface area contributed by atoms with Gasteiger partial charge in [-0.25, -0.2) is 0 Å². The van der Waals surface area contributed by atoms with Gasteiger partial charge >= 0.3 is 0 Å². The van der Waals surface area contributed by atoms with E-state index in [1.807, 2.05) is 30.3 Å². The van der Waals surface area contributed by atoms with Crippen LogP contribution in [0.1, 0.15) is 16.1 Å². The molecule has 3 rings (SSSR count). The second-order valence-electron chi connectivity index (χ2n) is 5.27. The SMILES string of the molecule is O=C(NCc1ccccc1)c1cc(Nc2ccc(O)cc2)ccn1. The first-order valence-corrected chi connectivity index (χ1v) is 7.55. The number of aromatic nitrogens is 1. The number of rotatable bonds is 5. The van der Waals surface area contributed by atoms with Gasteiger partial charge < -0.3 is 15.7 Å². The molecule has 0 radical (unpaired) electrons. The maximum atomic E-state index is 12.2. The fraction of sp³-hybridized carbons (Fsp3) is 0.0526. The van der Waals surface area contributed by atoms with Crippen molar-refractivity contribution in [1.82, 2.24) is 10.3 Å². The number of nitrogens with one attached hydrogen (secondary N) is 2. The zero-order valence-electron chi connectivity index (χ0n) is 12.9. The van der Waals surface area contributed by atoms with Crippen LogP contribution in [0.4, 0.5) is 11.4 Å². The highest BCUT2D eigenvalue weighted by molar-refractivity contribution is 5.93. The smallest absolute Gasteiger partial charge is 0.270 e. The first kappa shape index (κ1) is 15.6. The molecule has 3 aromatic rings. The minimum Gasteiger partial charge on any atom is -0.508 e. The third-order valence-electron chi connectivity index (χ3n) is 3.44. The van der Waals surface area contributed by atoms with Crippen LogP contribution in [0, 0.1) is 0 Å². The number of nitrogens with zero attached hydrogens (tertiary/aromatic N) is 1. The van der Waals surface area contributed by atoms with Crippen LogP contribution in [0.15, 0.2) is 72.9 Å². The number of phenolic OH excluding ortho intramolecular Hbond substituents is 1. The second-order valence-corrected chi connectivity index (χ2v) is 5.27. The van der Waals surface area contributed by atoms with Crippen molar-refractivity contribution in [1.29, 1.82) is 0 Å². The topological polar surface area (TPSA) is 74.2 Å². The van der Waals surface area contributed by atoms with E-state index in [1.54, 1.807) is 42.6 Å². The van der Waals surface area contributed by atoms with Crippen LogP contribution in [0.5, 0.6) is 5.75 Å². The summed E-state index contributed by atoms with van der Waals surface area (Å²) in [6.07, 6.45) is 1.58. The third kappa shape index (κ3) is 4.10. The van der Waals surface area contributed by atoms with Crippen molar-refractivity contribution in [3.63, 3.8) is 0 Å². The molecular formula is C19H17N3O2. The van der Waals surface area contributed by atoms with E-state index in [0.29, 0.717) is 12.2 Å². The van der Waals surface area contributed by atoms with E-state index in [1.165, 1.54) is 0 Å². The summed E-state index contributed by atoms with van der Waals surface area (Å²) in [5.41, 5.74) is 2.94. The van der Waals surface area contributed by atoms with Gasteiger partial charge in [0, 0.05) is 24.1 Å². The maximum Gasteiger partial charge on any atom is 0.270 e. The Kier molecular flexibility index (Phi) is 4.72. The fourth-order valence-electron chi connectivity index (χ4n) is 2.21. The molecule has 0 saturated carbocycles. The highest BCUT2D eigenvalue weighted by Gasteiger charge is 2.08. The van der Waals surface area contributed by atoms with Gasteiger partial charge in [-0.2, -0.15) is 0 Å². The number of hydrogen-bond acceptors (Lipinski definition) is 4. The van der Waals surface area contributed by atoms with Gasteiger partial charge in [-0.3, -0.25) is 9.78 Å². The molecular weight excluding hydrogens is 302 g/mol. The summed E-state index contributed by atoms with van der Waals surface area (Å²) in [5, 5.41) is 15.3. The van der Waals surface area contributed by atoms with E-state index in [0.717, 1.165) is 16.9 Å². The summed E-state index contributed by atoms with van der Waals surface area (Å²) in [6.45, 7) is 0.455. The van der Waals surface area contributed by atoms with Crippen LogP contribution in [0.25, 0.3) is 0 Å². The van der Waals surface area contributed by atoms with E-state index in [2.05, 4.69) is 15.6 Å². The maximum absolute atomic E-state index is 12.2. The summed E-state index contributed by atoms with van der Waals surface area (Å²) >= 11 is 0. The predicted molar refractivity (Wildman–Crippen MR) is 93.2 cm³/mol. The molecule has 0 aliphatic carbocycles. The monoisotopic (exact) mass is 319 g/mol. The van der Waals surface area contributed by atoms with Crippen LogP contribution in [-0.4, -0.2) is 16.0 Å². The molecule has 0 spiro atoms.